The van der Waals surface area contributed by atoms with Gasteiger partial charge in [-0.1, -0.05) is 25.0 Å². The van der Waals surface area contributed by atoms with Crippen molar-refractivity contribution in [2.45, 2.75) is 13.4 Å². The van der Waals surface area contributed by atoms with Crippen molar-refractivity contribution in [3.8, 4) is 5.75 Å². The lowest BCUT2D eigenvalue weighted by Gasteiger charge is -2.11. The molecule has 1 aromatic carbocycles. The summed E-state index contributed by atoms with van der Waals surface area (Å²) in [5, 5.41) is 5.47. The molecular formula is C12H14BNOS. The molecule has 0 unspecified atom stereocenters. The van der Waals surface area contributed by atoms with E-state index in [1.54, 1.807) is 11.3 Å². The minimum absolute atomic E-state index is 0.692. The summed E-state index contributed by atoms with van der Waals surface area (Å²) in [5.41, 5.74) is 1.05. The Morgan fingerprint density at radius 3 is 2.88 bits per heavy atom. The lowest BCUT2D eigenvalue weighted by Crippen LogP contribution is -2.02. The van der Waals surface area contributed by atoms with Gasteiger partial charge >= 0.3 is 7.48 Å². The Hall–Kier alpha value is -1.42. The minimum atomic E-state index is 0.692. The third-order valence-electron chi connectivity index (χ3n) is 2.22. The first-order valence-electron chi connectivity index (χ1n) is 5.38. The van der Waals surface area contributed by atoms with E-state index in [0.717, 1.165) is 18.0 Å². The van der Waals surface area contributed by atoms with Crippen molar-refractivity contribution >= 4 is 24.5 Å². The van der Waals surface area contributed by atoms with Gasteiger partial charge in [-0.2, -0.15) is 0 Å². The predicted octanol–water partition coefficient (Wildman–Crippen LogP) is 3.14. The Bertz CT molecular complexity index is 430. The van der Waals surface area contributed by atoms with Crippen LogP contribution in [0.4, 0.5) is 5.69 Å². The molecule has 2 aromatic rings. The zero-order valence-electron chi connectivity index (χ0n) is 9.27. The fourth-order valence-corrected chi connectivity index (χ4v) is 2.13. The molecule has 0 spiro atoms. The van der Waals surface area contributed by atoms with Crippen LogP contribution in [-0.2, 0) is 6.54 Å². The van der Waals surface area contributed by atoms with Crippen LogP contribution in [0.3, 0.4) is 0 Å². The van der Waals surface area contributed by atoms with Crippen LogP contribution in [-0.4, -0.2) is 7.48 Å². The van der Waals surface area contributed by atoms with Crippen LogP contribution in [0.1, 0.15) is 4.88 Å². The quantitative estimate of drug-likeness (QED) is 0.798. The van der Waals surface area contributed by atoms with Crippen LogP contribution in [0.5, 0.6) is 5.75 Å². The molecule has 0 saturated heterocycles. The zero-order chi connectivity index (χ0) is 11.2. The summed E-state index contributed by atoms with van der Waals surface area (Å²) >= 11 is 1.76. The molecule has 0 amide bonds. The highest BCUT2D eigenvalue weighted by atomic mass is 32.1. The summed E-state index contributed by atoms with van der Waals surface area (Å²) in [6.07, 6.45) is 0. The van der Waals surface area contributed by atoms with Crippen molar-refractivity contribution in [2.75, 3.05) is 5.32 Å². The van der Waals surface area contributed by atoms with Gasteiger partial charge < -0.3 is 9.97 Å². The second kappa shape index (κ2) is 5.61. The maximum atomic E-state index is 5.55. The molecular weight excluding hydrogens is 217 g/mol. The van der Waals surface area contributed by atoms with E-state index in [1.807, 2.05) is 31.1 Å². The van der Waals surface area contributed by atoms with E-state index in [9.17, 15) is 0 Å². The van der Waals surface area contributed by atoms with Gasteiger partial charge in [-0.3, -0.25) is 0 Å². The van der Waals surface area contributed by atoms with E-state index in [1.165, 1.54) is 4.88 Å². The van der Waals surface area contributed by atoms with Gasteiger partial charge in [0.15, 0.2) is 0 Å². The van der Waals surface area contributed by atoms with Gasteiger partial charge in [0.25, 0.3) is 0 Å². The van der Waals surface area contributed by atoms with Gasteiger partial charge in [0.05, 0.1) is 5.69 Å². The van der Waals surface area contributed by atoms with Gasteiger partial charge in [-0.15, -0.1) is 11.3 Å². The highest BCUT2D eigenvalue weighted by Gasteiger charge is 2.01. The van der Waals surface area contributed by atoms with Gasteiger partial charge in [0, 0.05) is 11.4 Å². The maximum absolute atomic E-state index is 5.55. The van der Waals surface area contributed by atoms with Gasteiger partial charge in [-0.05, 0) is 23.6 Å². The van der Waals surface area contributed by atoms with Crippen LogP contribution < -0.4 is 9.97 Å². The smallest absolute Gasteiger partial charge is 0.337 e. The third kappa shape index (κ3) is 2.79. The summed E-state index contributed by atoms with van der Waals surface area (Å²) < 4.78 is 5.55. The molecule has 0 aliphatic rings. The Kier molecular flexibility index (Phi) is 3.89. The number of nitrogens with one attached hydrogen (secondary N) is 1. The van der Waals surface area contributed by atoms with Gasteiger partial charge in [0.2, 0.25) is 0 Å². The lowest BCUT2D eigenvalue weighted by molar-refractivity contribution is 0.601. The maximum Gasteiger partial charge on any atom is 0.337 e. The van der Waals surface area contributed by atoms with Crippen molar-refractivity contribution in [3.05, 3.63) is 46.7 Å². The molecule has 0 saturated carbocycles. The van der Waals surface area contributed by atoms with Crippen molar-refractivity contribution in [2.24, 2.45) is 0 Å². The number of thiophene rings is 1. The molecule has 2 nitrogen and oxygen atoms in total. The first kappa shape index (κ1) is 11.1. The molecule has 0 aliphatic carbocycles. The fourth-order valence-electron chi connectivity index (χ4n) is 1.49. The zero-order valence-corrected chi connectivity index (χ0v) is 10.1. The van der Waals surface area contributed by atoms with E-state index in [-0.39, 0.29) is 0 Å². The molecule has 1 N–H and O–H groups in total. The monoisotopic (exact) mass is 231 g/mol. The first-order chi connectivity index (χ1) is 7.90. The molecule has 82 valence electrons. The van der Waals surface area contributed by atoms with Gasteiger partial charge in [0.1, 0.15) is 5.75 Å². The molecule has 0 radical (unpaired) electrons. The Balaban J connectivity index is 2.03. The fraction of sp³-hybridized carbons (Fsp3) is 0.167. The minimum Gasteiger partial charge on any atom is -0.563 e. The van der Waals surface area contributed by atoms with Crippen molar-refractivity contribution < 1.29 is 4.65 Å². The highest BCUT2D eigenvalue weighted by Crippen LogP contribution is 2.24. The van der Waals surface area contributed by atoms with Crippen molar-refractivity contribution in [1.29, 1.82) is 0 Å². The molecule has 16 heavy (non-hydrogen) atoms. The van der Waals surface area contributed by atoms with Crippen molar-refractivity contribution in [3.63, 3.8) is 0 Å². The SMILES string of the molecule is CBOc1ccccc1NCc1cccs1. The molecule has 0 aliphatic heterocycles. The van der Waals surface area contributed by atoms with Crippen LogP contribution in [0.2, 0.25) is 6.82 Å². The van der Waals surface area contributed by atoms with Crippen LogP contribution in [0.25, 0.3) is 0 Å². The lowest BCUT2D eigenvalue weighted by atomic mass is 10.1. The molecule has 0 bridgehead atoms. The molecule has 0 atom stereocenters. The standard InChI is InChI=1S/C12H14BNOS/c1-13-15-12-7-3-2-6-11(12)14-9-10-5-4-8-16-10/h2-8,13-14H,9H2,1H3. The second-order valence-electron chi connectivity index (χ2n) is 3.36. The van der Waals surface area contributed by atoms with Crippen LogP contribution in [0, 0.1) is 0 Å². The summed E-state index contributed by atoms with van der Waals surface area (Å²) in [6, 6.07) is 12.2. The molecule has 1 aromatic heterocycles. The number of rotatable bonds is 5. The summed E-state index contributed by atoms with van der Waals surface area (Å²) in [7, 11) is 0.692. The summed E-state index contributed by atoms with van der Waals surface area (Å²) in [4.78, 5) is 1.33. The number of para-hydroxylation sites is 2. The topological polar surface area (TPSA) is 21.3 Å². The third-order valence-corrected chi connectivity index (χ3v) is 3.10. The predicted molar refractivity (Wildman–Crippen MR) is 71.7 cm³/mol. The average molecular weight is 231 g/mol. The normalized spacial score (nSPS) is 9.81. The van der Waals surface area contributed by atoms with E-state index < -0.39 is 0 Å². The molecule has 1 heterocycles. The number of anilines is 1. The largest absolute Gasteiger partial charge is 0.563 e. The molecule has 0 fully saturated rings. The van der Waals surface area contributed by atoms with Crippen LogP contribution in [0.15, 0.2) is 41.8 Å². The Morgan fingerprint density at radius 1 is 1.25 bits per heavy atom. The number of hydrogen-bond donors (Lipinski definition) is 1. The van der Waals surface area contributed by atoms with Crippen LogP contribution >= 0.6 is 11.3 Å². The average Bonchev–Trinajstić information content (AvgIpc) is 2.81. The van der Waals surface area contributed by atoms with Gasteiger partial charge in [-0.25, -0.2) is 0 Å². The number of benzene rings is 1. The number of hydrogen-bond acceptors (Lipinski definition) is 3. The molecule has 4 heteroatoms. The van der Waals surface area contributed by atoms with E-state index >= 15 is 0 Å². The first-order valence-corrected chi connectivity index (χ1v) is 6.26. The van der Waals surface area contributed by atoms with E-state index in [4.69, 9.17) is 4.65 Å². The summed E-state index contributed by atoms with van der Waals surface area (Å²) in [5.74, 6) is 0.918. The van der Waals surface area contributed by atoms with E-state index in [0.29, 0.717) is 7.48 Å². The highest BCUT2D eigenvalue weighted by molar-refractivity contribution is 7.09. The molecule has 2 rings (SSSR count). The Morgan fingerprint density at radius 2 is 2.12 bits per heavy atom. The second-order valence-corrected chi connectivity index (χ2v) is 4.39. The van der Waals surface area contributed by atoms with Crippen molar-refractivity contribution in [1.82, 2.24) is 0 Å². The summed E-state index contributed by atoms with van der Waals surface area (Å²) in [6.45, 7) is 2.85. The van der Waals surface area contributed by atoms with E-state index in [2.05, 4.69) is 22.8 Å². The Labute approximate surface area is 101 Å².